The van der Waals surface area contributed by atoms with Crippen molar-refractivity contribution in [2.45, 2.75) is 19.9 Å². The van der Waals surface area contributed by atoms with Crippen LogP contribution in [-0.4, -0.2) is 51.9 Å². The summed E-state index contributed by atoms with van der Waals surface area (Å²) in [6, 6.07) is 11.9. The molecule has 30 heavy (non-hydrogen) atoms. The molecule has 0 aliphatic heterocycles. The fraction of sp³-hybridized carbons (Fsp3) is 0.364. The molecule has 0 unspecified atom stereocenters. The summed E-state index contributed by atoms with van der Waals surface area (Å²) in [5.74, 6) is 0.817. The summed E-state index contributed by atoms with van der Waals surface area (Å²) < 4.78 is 21.3. The standard InChI is InChI=1S/C22H28N2O6/c1-15(2)23-21(25)14-30-19-9-8-16(12-20(19)28-4)22(26)24-17-6-5-7-18(13-17)29-11-10-27-3/h5-9,12-13,15H,10-11,14H2,1-4H3,(H,23,25)(H,24,26). The van der Waals surface area contributed by atoms with Gasteiger partial charge in [-0.15, -0.1) is 0 Å². The molecule has 2 aromatic rings. The first kappa shape index (κ1) is 23.0. The predicted molar refractivity (Wildman–Crippen MR) is 114 cm³/mol. The largest absolute Gasteiger partial charge is 0.493 e. The van der Waals surface area contributed by atoms with Crippen molar-refractivity contribution >= 4 is 17.5 Å². The number of amides is 2. The van der Waals surface area contributed by atoms with E-state index < -0.39 is 0 Å². The molecule has 0 atom stereocenters. The molecule has 2 aromatic carbocycles. The van der Waals surface area contributed by atoms with Crippen molar-refractivity contribution in [1.29, 1.82) is 0 Å². The van der Waals surface area contributed by atoms with E-state index in [4.69, 9.17) is 18.9 Å². The molecule has 0 saturated heterocycles. The molecular formula is C22H28N2O6. The Morgan fingerprint density at radius 2 is 1.77 bits per heavy atom. The zero-order chi connectivity index (χ0) is 21.9. The van der Waals surface area contributed by atoms with E-state index in [-0.39, 0.29) is 24.5 Å². The van der Waals surface area contributed by atoms with Crippen LogP contribution < -0.4 is 24.8 Å². The van der Waals surface area contributed by atoms with Gasteiger partial charge in [0.25, 0.3) is 11.8 Å². The minimum absolute atomic E-state index is 0.0259. The van der Waals surface area contributed by atoms with E-state index in [9.17, 15) is 9.59 Å². The Labute approximate surface area is 176 Å². The third-order valence-electron chi connectivity index (χ3n) is 3.88. The second kappa shape index (κ2) is 11.7. The number of anilines is 1. The Bertz CT molecular complexity index is 853. The molecular weight excluding hydrogens is 388 g/mol. The van der Waals surface area contributed by atoms with Crippen molar-refractivity contribution < 1.29 is 28.5 Å². The Morgan fingerprint density at radius 1 is 0.967 bits per heavy atom. The smallest absolute Gasteiger partial charge is 0.258 e. The van der Waals surface area contributed by atoms with Gasteiger partial charge in [0.2, 0.25) is 0 Å². The van der Waals surface area contributed by atoms with E-state index in [0.29, 0.717) is 41.7 Å². The van der Waals surface area contributed by atoms with E-state index in [0.717, 1.165) is 0 Å². The van der Waals surface area contributed by atoms with Crippen LogP contribution in [-0.2, 0) is 9.53 Å². The fourth-order valence-corrected chi connectivity index (χ4v) is 2.54. The maximum Gasteiger partial charge on any atom is 0.258 e. The van der Waals surface area contributed by atoms with Crippen LogP contribution in [0.5, 0.6) is 17.2 Å². The van der Waals surface area contributed by atoms with Crippen molar-refractivity contribution in [3.05, 3.63) is 48.0 Å². The Kier molecular flexibility index (Phi) is 8.96. The van der Waals surface area contributed by atoms with Crippen molar-refractivity contribution in [3.8, 4) is 17.2 Å². The maximum absolute atomic E-state index is 12.6. The first-order chi connectivity index (χ1) is 14.4. The van der Waals surface area contributed by atoms with Gasteiger partial charge in [0.1, 0.15) is 12.4 Å². The molecule has 0 spiro atoms. The monoisotopic (exact) mass is 416 g/mol. The summed E-state index contributed by atoms with van der Waals surface area (Å²) in [4.78, 5) is 24.4. The summed E-state index contributed by atoms with van der Waals surface area (Å²) in [7, 11) is 3.07. The Morgan fingerprint density at radius 3 is 2.47 bits per heavy atom. The molecule has 0 aliphatic carbocycles. The number of benzene rings is 2. The quantitative estimate of drug-likeness (QED) is 0.547. The van der Waals surface area contributed by atoms with Crippen LogP contribution in [0.15, 0.2) is 42.5 Å². The zero-order valence-corrected chi connectivity index (χ0v) is 17.7. The lowest BCUT2D eigenvalue weighted by Gasteiger charge is -2.13. The number of ether oxygens (including phenoxy) is 4. The molecule has 0 bridgehead atoms. The van der Waals surface area contributed by atoms with E-state index in [1.54, 1.807) is 49.6 Å². The third kappa shape index (κ3) is 7.29. The number of hydrogen-bond donors (Lipinski definition) is 2. The van der Waals surface area contributed by atoms with E-state index >= 15 is 0 Å². The van der Waals surface area contributed by atoms with Crippen LogP contribution in [0.4, 0.5) is 5.69 Å². The highest BCUT2D eigenvalue weighted by Crippen LogP contribution is 2.28. The first-order valence-corrected chi connectivity index (χ1v) is 9.56. The van der Waals surface area contributed by atoms with Crippen LogP contribution in [0.3, 0.4) is 0 Å². The van der Waals surface area contributed by atoms with Crippen LogP contribution in [0.1, 0.15) is 24.2 Å². The van der Waals surface area contributed by atoms with Gasteiger partial charge >= 0.3 is 0 Å². The number of carbonyl (C=O) groups excluding carboxylic acids is 2. The number of nitrogens with one attached hydrogen (secondary N) is 2. The molecule has 2 amide bonds. The van der Waals surface area contributed by atoms with Gasteiger partial charge in [0.15, 0.2) is 18.1 Å². The van der Waals surface area contributed by atoms with Crippen molar-refractivity contribution in [2.24, 2.45) is 0 Å². The summed E-state index contributed by atoms with van der Waals surface area (Å²) in [5, 5.41) is 5.56. The van der Waals surface area contributed by atoms with Crippen molar-refractivity contribution in [1.82, 2.24) is 5.32 Å². The molecule has 8 heteroatoms. The van der Waals surface area contributed by atoms with Gasteiger partial charge in [-0.25, -0.2) is 0 Å². The molecule has 0 heterocycles. The average Bonchev–Trinajstić information content (AvgIpc) is 2.72. The molecule has 0 aliphatic rings. The summed E-state index contributed by atoms with van der Waals surface area (Å²) in [6.07, 6.45) is 0. The highest BCUT2D eigenvalue weighted by atomic mass is 16.5. The fourth-order valence-electron chi connectivity index (χ4n) is 2.54. The first-order valence-electron chi connectivity index (χ1n) is 9.56. The molecule has 2 rings (SSSR count). The second-order valence-electron chi connectivity index (χ2n) is 6.70. The van der Waals surface area contributed by atoms with Crippen molar-refractivity contribution in [3.63, 3.8) is 0 Å². The Hall–Kier alpha value is -3.26. The molecule has 0 radical (unpaired) electrons. The molecule has 2 N–H and O–H groups in total. The van der Waals surface area contributed by atoms with Crippen LogP contribution in [0.25, 0.3) is 0 Å². The van der Waals surface area contributed by atoms with E-state index in [2.05, 4.69) is 10.6 Å². The number of methoxy groups -OCH3 is 2. The second-order valence-corrected chi connectivity index (χ2v) is 6.70. The lowest BCUT2D eigenvalue weighted by atomic mass is 10.1. The Balaban J connectivity index is 2.02. The number of rotatable bonds is 11. The zero-order valence-electron chi connectivity index (χ0n) is 17.7. The molecule has 0 fully saturated rings. The van der Waals surface area contributed by atoms with Crippen LogP contribution in [0.2, 0.25) is 0 Å². The number of carbonyl (C=O) groups is 2. The highest BCUT2D eigenvalue weighted by Gasteiger charge is 2.13. The number of hydrogen-bond acceptors (Lipinski definition) is 6. The minimum atomic E-state index is -0.313. The van der Waals surface area contributed by atoms with Crippen LogP contribution >= 0.6 is 0 Å². The van der Waals surface area contributed by atoms with E-state index in [1.807, 2.05) is 13.8 Å². The van der Waals surface area contributed by atoms with Crippen molar-refractivity contribution in [2.75, 3.05) is 39.4 Å². The van der Waals surface area contributed by atoms with Gasteiger partial charge in [-0.2, -0.15) is 0 Å². The lowest BCUT2D eigenvalue weighted by Crippen LogP contribution is -2.34. The lowest BCUT2D eigenvalue weighted by molar-refractivity contribution is -0.123. The SMILES string of the molecule is COCCOc1cccc(NC(=O)c2ccc(OCC(=O)NC(C)C)c(OC)c2)c1. The van der Waals surface area contributed by atoms with Gasteiger partial charge < -0.3 is 29.6 Å². The highest BCUT2D eigenvalue weighted by molar-refractivity contribution is 6.04. The van der Waals surface area contributed by atoms with Gasteiger partial charge in [-0.3, -0.25) is 9.59 Å². The van der Waals surface area contributed by atoms with Crippen LogP contribution in [0, 0.1) is 0 Å². The normalized spacial score (nSPS) is 10.4. The summed E-state index contributed by atoms with van der Waals surface area (Å²) >= 11 is 0. The van der Waals surface area contributed by atoms with Gasteiger partial charge in [0.05, 0.1) is 13.7 Å². The predicted octanol–water partition coefficient (Wildman–Crippen LogP) is 2.88. The molecule has 0 saturated carbocycles. The summed E-state index contributed by atoms with van der Waals surface area (Å²) in [6.45, 7) is 4.49. The third-order valence-corrected chi connectivity index (χ3v) is 3.88. The molecule has 0 aromatic heterocycles. The van der Waals surface area contributed by atoms with Gasteiger partial charge in [0, 0.05) is 30.5 Å². The molecule has 8 nitrogen and oxygen atoms in total. The topological polar surface area (TPSA) is 95.1 Å². The van der Waals surface area contributed by atoms with E-state index in [1.165, 1.54) is 7.11 Å². The molecule has 162 valence electrons. The maximum atomic E-state index is 12.6. The average molecular weight is 416 g/mol. The van der Waals surface area contributed by atoms with Gasteiger partial charge in [-0.05, 0) is 44.2 Å². The van der Waals surface area contributed by atoms with Gasteiger partial charge in [-0.1, -0.05) is 6.07 Å². The summed E-state index contributed by atoms with van der Waals surface area (Å²) in [5.41, 5.74) is 0.983. The minimum Gasteiger partial charge on any atom is -0.493 e.